The third-order valence-electron chi connectivity index (χ3n) is 3.62. The van der Waals surface area contributed by atoms with E-state index in [0.717, 1.165) is 50.8 Å². The fourth-order valence-corrected chi connectivity index (χ4v) is 2.41. The van der Waals surface area contributed by atoms with E-state index in [1.165, 1.54) is 0 Å². The molecule has 6 nitrogen and oxygen atoms in total. The quantitative estimate of drug-likeness (QED) is 0.842. The summed E-state index contributed by atoms with van der Waals surface area (Å²) in [6.45, 7) is 5.30. The SMILES string of the molecule is N#Cc1ccc(-c2ncnn2CCN2CCOCC2)cc1. The van der Waals surface area contributed by atoms with Gasteiger partial charge in [0.2, 0.25) is 0 Å². The van der Waals surface area contributed by atoms with Crippen molar-refractivity contribution in [1.29, 1.82) is 5.26 Å². The fourth-order valence-electron chi connectivity index (χ4n) is 2.41. The summed E-state index contributed by atoms with van der Waals surface area (Å²) in [5.41, 5.74) is 1.63. The van der Waals surface area contributed by atoms with Crippen molar-refractivity contribution in [2.75, 3.05) is 32.8 Å². The summed E-state index contributed by atoms with van der Waals surface area (Å²) in [5.74, 6) is 0.841. The summed E-state index contributed by atoms with van der Waals surface area (Å²) in [7, 11) is 0. The Bertz CT molecular complexity index is 622. The zero-order valence-corrected chi connectivity index (χ0v) is 11.8. The molecule has 0 N–H and O–H groups in total. The zero-order chi connectivity index (χ0) is 14.5. The van der Waals surface area contributed by atoms with Crippen molar-refractivity contribution in [3.8, 4) is 17.5 Å². The average Bonchev–Trinajstić information content (AvgIpc) is 3.02. The van der Waals surface area contributed by atoms with Crippen LogP contribution in [0.25, 0.3) is 11.4 Å². The number of rotatable bonds is 4. The third-order valence-corrected chi connectivity index (χ3v) is 3.62. The minimum Gasteiger partial charge on any atom is -0.379 e. The van der Waals surface area contributed by atoms with Crippen LogP contribution in [0, 0.1) is 11.3 Å². The predicted molar refractivity (Wildman–Crippen MR) is 77.4 cm³/mol. The van der Waals surface area contributed by atoms with Crippen LogP contribution in [0.1, 0.15) is 5.56 Å². The molecule has 0 radical (unpaired) electrons. The molecule has 2 heterocycles. The van der Waals surface area contributed by atoms with E-state index in [-0.39, 0.29) is 0 Å². The molecule has 1 aromatic carbocycles. The molecule has 0 bridgehead atoms. The first-order chi connectivity index (χ1) is 10.4. The monoisotopic (exact) mass is 283 g/mol. The van der Waals surface area contributed by atoms with Crippen LogP contribution in [0.2, 0.25) is 0 Å². The van der Waals surface area contributed by atoms with Crippen molar-refractivity contribution in [3.05, 3.63) is 36.2 Å². The van der Waals surface area contributed by atoms with Crippen LogP contribution in [0.15, 0.2) is 30.6 Å². The Balaban J connectivity index is 1.69. The van der Waals surface area contributed by atoms with Gasteiger partial charge < -0.3 is 4.74 Å². The Hall–Kier alpha value is -2.23. The van der Waals surface area contributed by atoms with Gasteiger partial charge in [-0.3, -0.25) is 4.90 Å². The molecule has 2 aromatic rings. The highest BCUT2D eigenvalue weighted by molar-refractivity contribution is 5.56. The van der Waals surface area contributed by atoms with E-state index in [9.17, 15) is 0 Å². The van der Waals surface area contributed by atoms with Crippen molar-refractivity contribution >= 4 is 0 Å². The molecule has 0 saturated carbocycles. The number of nitrogens with zero attached hydrogens (tertiary/aromatic N) is 5. The number of hydrogen-bond donors (Lipinski definition) is 0. The van der Waals surface area contributed by atoms with Crippen LogP contribution in [0.3, 0.4) is 0 Å². The molecular weight excluding hydrogens is 266 g/mol. The maximum Gasteiger partial charge on any atom is 0.158 e. The van der Waals surface area contributed by atoms with Gasteiger partial charge in [0.25, 0.3) is 0 Å². The zero-order valence-electron chi connectivity index (χ0n) is 11.8. The number of morpholine rings is 1. The largest absolute Gasteiger partial charge is 0.379 e. The van der Waals surface area contributed by atoms with E-state index >= 15 is 0 Å². The summed E-state index contributed by atoms with van der Waals surface area (Å²) < 4.78 is 7.26. The summed E-state index contributed by atoms with van der Waals surface area (Å²) in [4.78, 5) is 6.70. The Morgan fingerprint density at radius 2 is 1.90 bits per heavy atom. The molecule has 3 rings (SSSR count). The van der Waals surface area contributed by atoms with Crippen LogP contribution in [0.5, 0.6) is 0 Å². The first-order valence-electron chi connectivity index (χ1n) is 7.05. The predicted octanol–water partition coefficient (Wildman–Crippen LogP) is 1.15. The highest BCUT2D eigenvalue weighted by atomic mass is 16.5. The van der Waals surface area contributed by atoms with Gasteiger partial charge in [-0.25, -0.2) is 9.67 Å². The molecule has 108 valence electrons. The lowest BCUT2D eigenvalue weighted by Gasteiger charge is -2.26. The van der Waals surface area contributed by atoms with Gasteiger partial charge in [-0.15, -0.1) is 0 Å². The van der Waals surface area contributed by atoms with Crippen LogP contribution >= 0.6 is 0 Å². The molecule has 1 saturated heterocycles. The van der Waals surface area contributed by atoms with Crippen LogP contribution in [-0.4, -0.2) is 52.5 Å². The molecule has 0 amide bonds. The second-order valence-corrected chi connectivity index (χ2v) is 4.95. The van der Waals surface area contributed by atoms with Crippen molar-refractivity contribution < 1.29 is 4.74 Å². The van der Waals surface area contributed by atoms with E-state index < -0.39 is 0 Å². The summed E-state index contributed by atoms with van der Waals surface area (Å²) >= 11 is 0. The standard InChI is InChI=1S/C15H17N5O/c16-11-13-1-3-14(4-2-13)15-17-12-18-20(15)6-5-19-7-9-21-10-8-19/h1-4,12H,5-10H2. The van der Waals surface area contributed by atoms with E-state index in [2.05, 4.69) is 21.1 Å². The summed E-state index contributed by atoms with van der Waals surface area (Å²) in [6.07, 6.45) is 1.58. The topological polar surface area (TPSA) is 67.0 Å². The molecule has 21 heavy (non-hydrogen) atoms. The van der Waals surface area contributed by atoms with Gasteiger partial charge in [-0.2, -0.15) is 10.4 Å². The molecule has 1 aliphatic rings. The van der Waals surface area contributed by atoms with Gasteiger partial charge >= 0.3 is 0 Å². The molecule has 0 aliphatic carbocycles. The van der Waals surface area contributed by atoms with Gasteiger partial charge in [0, 0.05) is 25.2 Å². The normalized spacial score (nSPS) is 15.8. The third kappa shape index (κ3) is 3.27. The fraction of sp³-hybridized carbons (Fsp3) is 0.400. The van der Waals surface area contributed by atoms with Crippen molar-refractivity contribution in [2.24, 2.45) is 0 Å². The Morgan fingerprint density at radius 1 is 1.14 bits per heavy atom. The van der Waals surface area contributed by atoms with Gasteiger partial charge in [-0.1, -0.05) is 0 Å². The molecule has 1 aliphatic heterocycles. The minimum atomic E-state index is 0.651. The Morgan fingerprint density at radius 3 is 2.62 bits per heavy atom. The van der Waals surface area contributed by atoms with Gasteiger partial charge in [0.05, 0.1) is 31.4 Å². The number of ether oxygens (including phenoxy) is 1. The summed E-state index contributed by atoms with van der Waals surface area (Å²) in [6, 6.07) is 9.55. The Kier molecular flexibility index (Phi) is 4.24. The lowest BCUT2D eigenvalue weighted by Crippen LogP contribution is -2.38. The van der Waals surface area contributed by atoms with Crippen molar-refractivity contribution in [1.82, 2.24) is 19.7 Å². The average molecular weight is 283 g/mol. The first kappa shape index (κ1) is 13.7. The van der Waals surface area contributed by atoms with E-state index in [1.54, 1.807) is 18.5 Å². The van der Waals surface area contributed by atoms with Crippen LogP contribution in [0.4, 0.5) is 0 Å². The molecule has 1 fully saturated rings. The lowest BCUT2D eigenvalue weighted by atomic mass is 10.1. The highest BCUT2D eigenvalue weighted by Crippen LogP contribution is 2.17. The minimum absolute atomic E-state index is 0.651. The molecule has 0 unspecified atom stereocenters. The van der Waals surface area contributed by atoms with Crippen molar-refractivity contribution in [2.45, 2.75) is 6.54 Å². The van der Waals surface area contributed by atoms with Crippen LogP contribution in [-0.2, 0) is 11.3 Å². The number of hydrogen-bond acceptors (Lipinski definition) is 5. The van der Waals surface area contributed by atoms with Crippen molar-refractivity contribution in [3.63, 3.8) is 0 Å². The molecule has 0 atom stereocenters. The van der Waals surface area contributed by atoms with E-state index in [4.69, 9.17) is 10.00 Å². The Labute approximate surface area is 123 Å². The maximum absolute atomic E-state index is 8.84. The molecule has 1 aromatic heterocycles. The van der Waals surface area contributed by atoms with Gasteiger partial charge in [0.1, 0.15) is 6.33 Å². The smallest absolute Gasteiger partial charge is 0.158 e. The first-order valence-corrected chi connectivity index (χ1v) is 7.05. The second-order valence-electron chi connectivity index (χ2n) is 4.95. The number of nitriles is 1. The van der Waals surface area contributed by atoms with Crippen LogP contribution < -0.4 is 0 Å². The maximum atomic E-state index is 8.84. The lowest BCUT2D eigenvalue weighted by molar-refractivity contribution is 0.0360. The number of benzene rings is 1. The second kappa shape index (κ2) is 6.48. The highest BCUT2D eigenvalue weighted by Gasteiger charge is 2.12. The molecule has 0 spiro atoms. The van der Waals surface area contributed by atoms with E-state index in [1.807, 2.05) is 16.8 Å². The summed E-state index contributed by atoms with van der Waals surface area (Å²) in [5, 5.41) is 13.1. The molecule has 6 heteroatoms. The number of aromatic nitrogens is 3. The van der Waals surface area contributed by atoms with Gasteiger partial charge in [0.15, 0.2) is 5.82 Å². The van der Waals surface area contributed by atoms with Gasteiger partial charge in [-0.05, 0) is 24.3 Å². The molecular formula is C15H17N5O. The van der Waals surface area contributed by atoms with E-state index in [0.29, 0.717) is 5.56 Å².